The molecule has 0 atom stereocenters. The van der Waals surface area contributed by atoms with E-state index in [1.54, 1.807) is 43.5 Å². The molecule has 33 heavy (non-hydrogen) atoms. The minimum Gasteiger partial charge on any atom is -0.494 e. The predicted molar refractivity (Wildman–Crippen MR) is 133 cm³/mol. The molecule has 3 aromatic rings. The van der Waals surface area contributed by atoms with Gasteiger partial charge in [0.25, 0.3) is 0 Å². The first-order valence-electron chi connectivity index (χ1n) is 9.57. The largest absolute Gasteiger partial charge is 0.494 e. The predicted octanol–water partition coefficient (Wildman–Crippen LogP) is 5.05. The molecule has 3 N–H and O–H groups in total. The number of hydrogen-bond donors (Lipinski definition) is 3. The molecule has 0 bridgehead atoms. The Morgan fingerprint density at radius 2 is 1.97 bits per heavy atom. The second-order valence-electron chi connectivity index (χ2n) is 6.95. The number of aromatic nitrogens is 2. The van der Waals surface area contributed by atoms with Gasteiger partial charge in [0.15, 0.2) is 15.7 Å². The Morgan fingerprint density at radius 1 is 1.21 bits per heavy atom. The van der Waals surface area contributed by atoms with Crippen molar-refractivity contribution in [2.45, 2.75) is 23.3 Å². The van der Waals surface area contributed by atoms with Gasteiger partial charge >= 0.3 is 0 Å². The van der Waals surface area contributed by atoms with E-state index in [4.69, 9.17) is 27.9 Å². The molecule has 2 heterocycles. The second-order valence-corrected chi connectivity index (χ2v) is 11.2. The highest BCUT2D eigenvalue weighted by atomic mass is 35.5. The van der Waals surface area contributed by atoms with Crippen LogP contribution in [0.3, 0.4) is 0 Å². The van der Waals surface area contributed by atoms with E-state index in [-0.39, 0.29) is 32.8 Å². The van der Waals surface area contributed by atoms with Gasteiger partial charge in [0, 0.05) is 11.8 Å². The number of amides is 1. The normalized spacial score (nSPS) is 11.3. The molecule has 3 rings (SSSR count). The van der Waals surface area contributed by atoms with E-state index in [9.17, 15) is 13.2 Å². The molecule has 176 valence electrons. The van der Waals surface area contributed by atoms with Crippen molar-refractivity contribution in [1.82, 2.24) is 9.97 Å². The lowest BCUT2D eigenvalue weighted by atomic mass is 10.2. The highest BCUT2D eigenvalue weighted by Crippen LogP contribution is 2.35. The summed E-state index contributed by atoms with van der Waals surface area (Å²) in [6.45, 7) is 3.25. The maximum absolute atomic E-state index is 12.6. The van der Waals surface area contributed by atoms with Crippen molar-refractivity contribution >= 4 is 79.1 Å². The van der Waals surface area contributed by atoms with Gasteiger partial charge in [0.1, 0.15) is 20.9 Å². The first kappa shape index (κ1) is 25.0. The fourth-order valence-electron chi connectivity index (χ4n) is 2.65. The summed E-state index contributed by atoms with van der Waals surface area (Å²) in [5, 5.41) is 9.98. The molecule has 0 aliphatic carbocycles. The van der Waals surface area contributed by atoms with Gasteiger partial charge in [-0.2, -0.15) is 4.98 Å². The summed E-state index contributed by atoms with van der Waals surface area (Å²) in [6.07, 6.45) is 1.39. The Bertz CT molecular complexity index is 1270. The number of carbonyl (C=O) groups is 1. The average molecular weight is 530 g/mol. The lowest BCUT2D eigenvalue weighted by Gasteiger charge is -2.14. The third-order valence-electron chi connectivity index (χ3n) is 4.36. The molecule has 0 saturated heterocycles. The molecule has 9 nitrogen and oxygen atoms in total. The van der Waals surface area contributed by atoms with Crippen molar-refractivity contribution in [3.8, 4) is 5.75 Å². The number of carbonyl (C=O) groups excluding carboxylic acids is 1. The molecule has 13 heteroatoms. The molecule has 2 aromatic heterocycles. The molecule has 0 unspecified atom stereocenters. The van der Waals surface area contributed by atoms with Crippen LogP contribution in [0.1, 0.15) is 13.8 Å². The van der Waals surface area contributed by atoms with Crippen LogP contribution in [-0.4, -0.2) is 42.5 Å². The van der Waals surface area contributed by atoms with Gasteiger partial charge in [-0.3, -0.25) is 4.79 Å². The molecule has 1 aromatic carbocycles. The zero-order valence-corrected chi connectivity index (χ0v) is 21.0. The van der Waals surface area contributed by atoms with Gasteiger partial charge in [-0.15, -0.1) is 22.9 Å². The van der Waals surface area contributed by atoms with Gasteiger partial charge in [-0.05, 0) is 37.4 Å². The van der Waals surface area contributed by atoms with E-state index in [2.05, 4.69) is 25.9 Å². The van der Waals surface area contributed by atoms with Gasteiger partial charge in [0.05, 0.1) is 29.9 Å². The fraction of sp³-hybridized carbons (Fsp3) is 0.250. The number of rotatable bonds is 9. The van der Waals surface area contributed by atoms with Crippen molar-refractivity contribution in [2.75, 3.05) is 28.9 Å². The van der Waals surface area contributed by atoms with Crippen LogP contribution in [0.5, 0.6) is 5.75 Å². The van der Waals surface area contributed by atoms with Crippen LogP contribution in [0.2, 0.25) is 5.02 Å². The number of methoxy groups -OCH3 is 1. The zero-order chi connectivity index (χ0) is 24.2. The summed E-state index contributed by atoms with van der Waals surface area (Å²) >= 11 is 12.9. The lowest BCUT2D eigenvalue weighted by Crippen LogP contribution is -2.14. The summed E-state index contributed by atoms with van der Waals surface area (Å²) < 4.78 is 30.8. The molecular formula is C20H21Cl2N5O4S2. The number of halogens is 2. The SMILES string of the molecule is COc1cc(NC(=O)CCl)ccc1Nc1ncc(Cl)c(Nc2ccsc2S(=O)(=O)C(C)C)n1. The average Bonchev–Trinajstić information content (AvgIpc) is 3.25. The molecule has 0 aliphatic rings. The summed E-state index contributed by atoms with van der Waals surface area (Å²) in [5.74, 6) is 0.349. The molecular weight excluding hydrogens is 509 g/mol. The number of alkyl halides is 1. The summed E-state index contributed by atoms with van der Waals surface area (Å²) in [6, 6.07) is 6.62. The molecule has 0 spiro atoms. The maximum atomic E-state index is 12.6. The van der Waals surface area contributed by atoms with Crippen molar-refractivity contribution in [3.05, 3.63) is 40.9 Å². The molecule has 0 radical (unpaired) electrons. The Hall–Kier alpha value is -2.60. The topological polar surface area (TPSA) is 122 Å². The quantitative estimate of drug-likeness (QED) is 0.329. The van der Waals surface area contributed by atoms with Crippen molar-refractivity contribution < 1.29 is 17.9 Å². The van der Waals surface area contributed by atoms with Gasteiger partial charge in [-0.1, -0.05) is 11.6 Å². The van der Waals surface area contributed by atoms with Crippen LogP contribution < -0.4 is 20.7 Å². The van der Waals surface area contributed by atoms with Gasteiger partial charge < -0.3 is 20.7 Å². The lowest BCUT2D eigenvalue weighted by molar-refractivity contribution is -0.113. The maximum Gasteiger partial charge on any atom is 0.239 e. The number of thiophene rings is 1. The highest BCUT2D eigenvalue weighted by Gasteiger charge is 2.25. The van der Waals surface area contributed by atoms with Crippen molar-refractivity contribution in [2.24, 2.45) is 0 Å². The zero-order valence-electron chi connectivity index (χ0n) is 17.8. The minimum atomic E-state index is -3.48. The van der Waals surface area contributed by atoms with E-state index in [0.29, 0.717) is 22.8 Å². The monoisotopic (exact) mass is 529 g/mol. The highest BCUT2D eigenvalue weighted by molar-refractivity contribution is 7.94. The molecule has 0 aliphatic heterocycles. The van der Waals surface area contributed by atoms with Crippen LogP contribution in [0, 0.1) is 0 Å². The van der Waals surface area contributed by atoms with E-state index >= 15 is 0 Å². The fourth-order valence-corrected chi connectivity index (χ4v) is 5.57. The first-order chi connectivity index (χ1) is 15.6. The Kier molecular flexibility index (Phi) is 8.01. The minimum absolute atomic E-state index is 0.166. The van der Waals surface area contributed by atoms with Crippen molar-refractivity contribution in [3.63, 3.8) is 0 Å². The molecule has 0 saturated carbocycles. The summed E-state index contributed by atoms with van der Waals surface area (Å²) in [5.41, 5.74) is 1.43. The third-order valence-corrected chi connectivity index (χ3v) is 8.55. The second kappa shape index (κ2) is 10.6. The van der Waals surface area contributed by atoms with E-state index in [1.807, 2.05) is 0 Å². The third kappa shape index (κ3) is 5.85. The number of nitrogens with one attached hydrogen (secondary N) is 3. The number of benzene rings is 1. The first-order valence-corrected chi connectivity index (χ1v) is 12.9. The molecule has 0 fully saturated rings. The van der Waals surface area contributed by atoms with Crippen LogP contribution in [0.15, 0.2) is 40.1 Å². The standard InChI is InChI=1S/C20H21Cl2N5O4S2/c1-11(2)33(29,30)19-15(6-7-32-19)25-18-13(22)10-23-20(27-18)26-14-5-4-12(8-16(14)31-3)24-17(28)9-21/h4-8,10-11H,9H2,1-3H3,(H,24,28)(H2,23,25,26,27). The summed E-state index contributed by atoms with van der Waals surface area (Å²) in [7, 11) is -2.00. The number of nitrogens with zero attached hydrogens (tertiary/aromatic N) is 2. The Morgan fingerprint density at radius 3 is 2.64 bits per heavy atom. The smallest absolute Gasteiger partial charge is 0.239 e. The van der Waals surface area contributed by atoms with E-state index in [1.165, 1.54) is 13.3 Å². The van der Waals surface area contributed by atoms with E-state index in [0.717, 1.165) is 11.3 Å². The number of anilines is 5. The molecule has 1 amide bonds. The van der Waals surface area contributed by atoms with Crippen LogP contribution in [-0.2, 0) is 14.6 Å². The number of sulfone groups is 1. The van der Waals surface area contributed by atoms with Gasteiger partial charge in [0.2, 0.25) is 11.9 Å². The van der Waals surface area contributed by atoms with Crippen molar-refractivity contribution in [1.29, 1.82) is 0 Å². The number of hydrogen-bond acceptors (Lipinski definition) is 9. The van der Waals surface area contributed by atoms with Crippen LogP contribution in [0.4, 0.5) is 28.8 Å². The van der Waals surface area contributed by atoms with E-state index < -0.39 is 15.1 Å². The summed E-state index contributed by atoms with van der Waals surface area (Å²) in [4.78, 5) is 20.0. The number of ether oxygens (including phenoxy) is 1. The van der Waals surface area contributed by atoms with Crippen LogP contribution in [0.25, 0.3) is 0 Å². The Labute approximate surface area is 205 Å². The van der Waals surface area contributed by atoms with Crippen LogP contribution >= 0.6 is 34.5 Å². The Balaban J connectivity index is 1.87. The van der Waals surface area contributed by atoms with Gasteiger partial charge in [-0.25, -0.2) is 13.4 Å².